The highest BCUT2D eigenvalue weighted by atomic mass is 16.5. The van der Waals surface area contributed by atoms with Crippen LogP contribution in [0.25, 0.3) is 6.08 Å². The van der Waals surface area contributed by atoms with Gasteiger partial charge in [0.2, 0.25) is 0 Å². The van der Waals surface area contributed by atoms with Gasteiger partial charge in [-0.15, -0.1) is 0 Å². The van der Waals surface area contributed by atoms with Crippen LogP contribution in [0.5, 0.6) is 0 Å². The Morgan fingerprint density at radius 2 is 2.14 bits per heavy atom. The second kappa shape index (κ2) is 5.22. The van der Waals surface area contributed by atoms with Gasteiger partial charge in [0.25, 0.3) is 0 Å². The first-order chi connectivity index (χ1) is 6.77. The fourth-order valence-electron chi connectivity index (χ4n) is 1.27. The lowest BCUT2D eigenvalue weighted by Gasteiger charge is -2.03. The van der Waals surface area contributed by atoms with Gasteiger partial charge in [0.1, 0.15) is 0 Å². The lowest BCUT2D eigenvalue weighted by atomic mass is 10.0. The molecule has 0 heterocycles. The first kappa shape index (κ1) is 10.5. The number of carbonyl (C=O) groups excluding carboxylic acids is 1. The lowest BCUT2D eigenvalue weighted by molar-refractivity contribution is -0.139. The molecule has 0 radical (unpaired) electrons. The predicted octanol–water partition coefficient (Wildman–Crippen LogP) is 2.44. The van der Waals surface area contributed by atoms with Gasteiger partial charge in [-0.2, -0.15) is 0 Å². The van der Waals surface area contributed by atoms with E-state index in [1.807, 2.05) is 43.3 Å². The maximum absolute atomic E-state index is 11.1. The smallest absolute Gasteiger partial charge is 0.309 e. The van der Waals surface area contributed by atoms with Gasteiger partial charge in [-0.25, -0.2) is 0 Å². The Balaban J connectivity index is 2.89. The Hall–Kier alpha value is -1.57. The fraction of sp³-hybridized carbons (Fsp3) is 0.250. The third kappa shape index (κ3) is 2.73. The van der Waals surface area contributed by atoms with Crippen molar-refractivity contribution < 1.29 is 9.53 Å². The average molecular weight is 190 g/mol. The van der Waals surface area contributed by atoms with E-state index in [1.165, 1.54) is 7.11 Å². The van der Waals surface area contributed by atoms with Gasteiger partial charge in [0, 0.05) is 0 Å². The molecule has 0 saturated heterocycles. The number of benzene rings is 1. The molecule has 2 nitrogen and oxygen atoms in total. The maximum atomic E-state index is 11.1. The molecular formula is C12H14O2. The Kier molecular flexibility index (Phi) is 3.92. The maximum Gasteiger partial charge on any atom is 0.309 e. The Labute approximate surface area is 84.2 Å². The summed E-state index contributed by atoms with van der Waals surface area (Å²) in [5, 5.41) is 0. The number of rotatable bonds is 3. The minimum Gasteiger partial charge on any atom is -0.469 e. The number of hydrogen-bond donors (Lipinski definition) is 0. The second-order valence-corrected chi connectivity index (χ2v) is 2.95. The number of esters is 1. The molecule has 0 spiro atoms. The van der Waals surface area contributed by atoms with E-state index in [4.69, 9.17) is 0 Å². The zero-order valence-electron chi connectivity index (χ0n) is 8.49. The molecule has 2 heteroatoms. The number of hydrogen-bond acceptors (Lipinski definition) is 2. The number of allylic oxidation sites excluding steroid dienone is 1. The average Bonchev–Trinajstić information content (AvgIpc) is 2.21. The van der Waals surface area contributed by atoms with E-state index in [1.54, 1.807) is 0 Å². The number of carbonyl (C=O) groups is 1. The lowest BCUT2D eigenvalue weighted by Crippen LogP contribution is -2.05. The van der Waals surface area contributed by atoms with Crippen molar-refractivity contribution in [3.05, 3.63) is 41.5 Å². The molecule has 14 heavy (non-hydrogen) atoms. The van der Waals surface area contributed by atoms with Gasteiger partial charge in [-0.1, -0.05) is 36.4 Å². The van der Waals surface area contributed by atoms with Crippen molar-refractivity contribution in [1.82, 2.24) is 0 Å². The molecule has 0 saturated carbocycles. The van der Waals surface area contributed by atoms with Gasteiger partial charge < -0.3 is 4.74 Å². The molecule has 0 fully saturated rings. The molecule has 0 N–H and O–H groups in total. The van der Waals surface area contributed by atoms with E-state index in [-0.39, 0.29) is 5.97 Å². The standard InChI is InChI=1S/C12H14O2/c1-3-6-10-7-4-5-8-11(10)9-12(13)14-2/h3-8H,9H2,1-2H3/b6-3+. The van der Waals surface area contributed by atoms with Crippen LogP contribution >= 0.6 is 0 Å². The molecule has 0 aliphatic rings. The van der Waals surface area contributed by atoms with Crippen LogP contribution in [0.2, 0.25) is 0 Å². The number of ether oxygens (including phenoxy) is 1. The zero-order chi connectivity index (χ0) is 10.4. The summed E-state index contributed by atoms with van der Waals surface area (Å²) < 4.78 is 4.62. The van der Waals surface area contributed by atoms with E-state index in [9.17, 15) is 4.79 Å². The molecule has 0 atom stereocenters. The fourth-order valence-corrected chi connectivity index (χ4v) is 1.27. The molecular weight excluding hydrogens is 176 g/mol. The van der Waals surface area contributed by atoms with E-state index in [0.29, 0.717) is 6.42 Å². The Morgan fingerprint density at radius 1 is 1.43 bits per heavy atom. The van der Waals surface area contributed by atoms with Gasteiger partial charge >= 0.3 is 5.97 Å². The van der Waals surface area contributed by atoms with Crippen LogP contribution in [0.3, 0.4) is 0 Å². The highest BCUT2D eigenvalue weighted by Crippen LogP contribution is 2.11. The van der Waals surface area contributed by atoms with E-state index in [2.05, 4.69) is 4.74 Å². The van der Waals surface area contributed by atoms with E-state index >= 15 is 0 Å². The molecule has 1 aromatic carbocycles. The highest BCUT2D eigenvalue weighted by molar-refractivity contribution is 5.74. The molecule has 74 valence electrons. The molecule has 0 bridgehead atoms. The zero-order valence-corrected chi connectivity index (χ0v) is 8.49. The molecule has 1 rings (SSSR count). The quantitative estimate of drug-likeness (QED) is 0.684. The normalized spacial score (nSPS) is 10.4. The van der Waals surface area contributed by atoms with E-state index in [0.717, 1.165) is 11.1 Å². The summed E-state index contributed by atoms with van der Waals surface area (Å²) in [5.41, 5.74) is 2.07. The third-order valence-corrected chi connectivity index (χ3v) is 1.96. The van der Waals surface area contributed by atoms with Crippen LogP contribution in [0.15, 0.2) is 30.3 Å². The van der Waals surface area contributed by atoms with Crippen molar-refractivity contribution in [2.75, 3.05) is 7.11 Å². The molecule has 0 unspecified atom stereocenters. The Bertz CT molecular complexity index is 340. The molecule has 0 aromatic heterocycles. The van der Waals surface area contributed by atoms with Gasteiger partial charge in [-0.3, -0.25) is 4.79 Å². The van der Waals surface area contributed by atoms with Crippen molar-refractivity contribution in [3.63, 3.8) is 0 Å². The summed E-state index contributed by atoms with van der Waals surface area (Å²) in [6.07, 6.45) is 4.27. The first-order valence-electron chi connectivity index (χ1n) is 4.55. The van der Waals surface area contributed by atoms with Gasteiger partial charge in [0.15, 0.2) is 0 Å². The summed E-state index contributed by atoms with van der Waals surface area (Å²) in [5.74, 6) is -0.207. The molecule has 1 aromatic rings. The van der Waals surface area contributed by atoms with Crippen LogP contribution in [0.4, 0.5) is 0 Å². The molecule has 0 aliphatic heterocycles. The monoisotopic (exact) mass is 190 g/mol. The Morgan fingerprint density at radius 3 is 2.79 bits per heavy atom. The van der Waals surface area contributed by atoms with Crippen LogP contribution in [0, 0.1) is 0 Å². The van der Waals surface area contributed by atoms with E-state index < -0.39 is 0 Å². The second-order valence-electron chi connectivity index (χ2n) is 2.95. The van der Waals surface area contributed by atoms with Gasteiger partial charge in [0.05, 0.1) is 13.5 Å². The van der Waals surface area contributed by atoms with Crippen LogP contribution < -0.4 is 0 Å². The third-order valence-electron chi connectivity index (χ3n) is 1.96. The number of methoxy groups -OCH3 is 1. The first-order valence-corrected chi connectivity index (χ1v) is 4.55. The van der Waals surface area contributed by atoms with Crippen LogP contribution in [0.1, 0.15) is 18.1 Å². The highest BCUT2D eigenvalue weighted by Gasteiger charge is 2.04. The van der Waals surface area contributed by atoms with Crippen molar-refractivity contribution in [2.24, 2.45) is 0 Å². The van der Waals surface area contributed by atoms with Gasteiger partial charge in [-0.05, 0) is 18.1 Å². The largest absolute Gasteiger partial charge is 0.469 e. The molecule has 0 amide bonds. The minimum absolute atomic E-state index is 0.207. The topological polar surface area (TPSA) is 26.3 Å². The van der Waals surface area contributed by atoms with Crippen molar-refractivity contribution in [1.29, 1.82) is 0 Å². The molecule has 0 aliphatic carbocycles. The van der Waals surface area contributed by atoms with Crippen molar-refractivity contribution in [3.8, 4) is 0 Å². The summed E-state index contributed by atoms with van der Waals surface area (Å²) in [4.78, 5) is 11.1. The van der Waals surface area contributed by atoms with Crippen molar-refractivity contribution in [2.45, 2.75) is 13.3 Å². The van der Waals surface area contributed by atoms with Crippen LogP contribution in [-0.2, 0) is 16.0 Å². The van der Waals surface area contributed by atoms with Crippen molar-refractivity contribution >= 4 is 12.0 Å². The summed E-state index contributed by atoms with van der Waals surface area (Å²) in [7, 11) is 1.40. The summed E-state index contributed by atoms with van der Waals surface area (Å²) in [6.45, 7) is 1.95. The minimum atomic E-state index is -0.207. The SMILES string of the molecule is C/C=C/c1ccccc1CC(=O)OC. The summed E-state index contributed by atoms with van der Waals surface area (Å²) in [6, 6.07) is 7.80. The van der Waals surface area contributed by atoms with Crippen LogP contribution in [-0.4, -0.2) is 13.1 Å². The predicted molar refractivity (Wildman–Crippen MR) is 56.9 cm³/mol. The summed E-state index contributed by atoms with van der Waals surface area (Å²) >= 11 is 0.